The van der Waals surface area contributed by atoms with Crippen LogP contribution in [0.3, 0.4) is 0 Å². The number of aliphatic carboxylic acids is 1. The third-order valence-corrected chi connectivity index (χ3v) is 3.58. The van der Waals surface area contributed by atoms with Gasteiger partial charge in [-0.2, -0.15) is 0 Å². The van der Waals surface area contributed by atoms with E-state index >= 15 is 0 Å². The van der Waals surface area contributed by atoms with Crippen molar-refractivity contribution in [1.29, 1.82) is 0 Å². The lowest BCUT2D eigenvalue weighted by Gasteiger charge is -2.38. The molecule has 6 heteroatoms. The molecule has 1 aliphatic carbocycles. The van der Waals surface area contributed by atoms with E-state index in [9.17, 15) is 9.90 Å². The van der Waals surface area contributed by atoms with E-state index in [4.69, 9.17) is 9.47 Å². The molecule has 1 aromatic rings. The Morgan fingerprint density at radius 2 is 2.21 bits per heavy atom. The third-order valence-electron chi connectivity index (χ3n) is 3.58. The molecule has 6 nitrogen and oxygen atoms in total. The minimum absolute atomic E-state index is 0.340. The summed E-state index contributed by atoms with van der Waals surface area (Å²) < 4.78 is 10.5. The third kappa shape index (κ3) is 2.49. The van der Waals surface area contributed by atoms with Gasteiger partial charge in [-0.1, -0.05) is 0 Å². The van der Waals surface area contributed by atoms with Crippen LogP contribution in [0.1, 0.15) is 25.0 Å². The van der Waals surface area contributed by atoms with Gasteiger partial charge in [-0.25, -0.2) is 0 Å². The molecule has 1 aliphatic rings. The van der Waals surface area contributed by atoms with E-state index in [0.29, 0.717) is 36.6 Å². The first-order chi connectivity index (χ1) is 9.13. The van der Waals surface area contributed by atoms with Crippen LogP contribution < -0.4 is 14.8 Å². The fourth-order valence-electron chi connectivity index (χ4n) is 2.23. The van der Waals surface area contributed by atoms with Gasteiger partial charge in [0.2, 0.25) is 0 Å². The molecule has 0 amide bonds. The molecule has 0 spiro atoms. The van der Waals surface area contributed by atoms with Crippen molar-refractivity contribution in [3.8, 4) is 11.5 Å². The zero-order valence-corrected chi connectivity index (χ0v) is 11.1. The van der Waals surface area contributed by atoms with E-state index in [1.54, 1.807) is 26.5 Å². The Bertz CT molecular complexity index is 472. The first-order valence-electron chi connectivity index (χ1n) is 6.17. The lowest BCUT2D eigenvalue weighted by Crippen LogP contribution is -2.56. The summed E-state index contributed by atoms with van der Waals surface area (Å²) in [4.78, 5) is 15.5. The predicted octanol–water partition coefficient (Wildman–Crippen LogP) is 1.20. The molecule has 2 rings (SSSR count). The molecule has 1 heterocycles. The number of carboxylic acids is 1. The van der Waals surface area contributed by atoms with E-state index in [2.05, 4.69) is 10.3 Å². The number of ether oxygens (including phenoxy) is 2. The average molecular weight is 266 g/mol. The molecular formula is C13H18N2O4. The highest BCUT2D eigenvalue weighted by atomic mass is 16.5. The summed E-state index contributed by atoms with van der Waals surface area (Å²) in [5.41, 5.74) is -0.162. The van der Waals surface area contributed by atoms with E-state index in [-0.39, 0.29) is 0 Å². The highest BCUT2D eigenvalue weighted by molar-refractivity contribution is 5.80. The molecule has 0 unspecified atom stereocenters. The highest BCUT2D eigenvalue weighted by Gasteiger charge is 2.44. The average Bonchev–Trinajstić information content (AvgIpc) is 2.36. The second-order valence-corrected chi connectivity index (χ2v) is 4.59. The van der Waals surface area contributed by atoms with Crippen LogP contribution in [0.2, 0.25) is 0 Å². The van der Waals surface area contributed by atoms with E-state index in [1.165, 1.54) is 0 Å². The zero-order valence-electron chi connectivity index (χ0n) is 11.1. The first kappa shape index (κ1) is 13.6. The molecule has 104 valence electrons. The Kier molecular flexibility index (Phi) is 3.90. The van der Waals surface area contributed by atoms with Crippen LogP contribution in [0.4, 0.5) is 0 Å². The summed E-state index contributed by atoms with van der Waals surface area (Å²) in [6.07, 6.45) is 3.85. The lowest BCUT2D eigenvalue weighted by molar-refractivity contribution is -0.148. The van der Waals surface area contributed by atoms with Crippen molar-refractivity contribution in [2.45, 2.75) is 31.3 Å². The summed E-state index contributed by atoms with van der Waals surface area (Å²) in [7, 11) is 3.10. The van der Waals surface area contributed by atoms with Crippen LogP contribution in [-0.2, 0) is 11.3 Å². The van der Waals surface area contributed by atoms with Crippen molar-refractivity contribution in [3.05, 3.63) is 18.0 Å². The van der Waals surface area contributed by atoms with Crippen molar-refractivity contribution < 1.29 is 19.4 Å². The van der Waals surface area contributed by atoms with Gasteiger partial charge in [0.15, 0.2) is 11.5 Å². The van der Waals surface area contributed by atoms with Gasteiger partial charge in [0, 0.05) is 18.8 Å². The number of pyridine rings is 1. The Labute approximate surface area is 111 Å². The quantitative estimate of drug-likeness (QED) is 0.805. The summed E-state index contributed by atoms with van der Waals surface area (Å²) in [6.45, 7) is 0.340. The molecule has 0 saturated heterocycles. The fourth-order valence-corrected chi connectivity index (χ4v) is 2.23. The Morgan fingerprint density at radius 1 is 1.47 bits per heavy atom. The van der Waals surface area contributed by atoms with Gasteiger partial charge >= 0.3 is 5.97 Å². The second kappa shape index (κ2) is 5.44. The van der Waals surface area contributed by atoms with E-state index in [0.717, 1.165) is 6.42 Å². The monoisotopic (exact) mass is 266 g/mol. The van der Waals surface area contributed by atoms with E-state index in [1.807, 2.05) is 0 Å². The number of methoxy groups -OCH3 is 2. The summed E-state index contributed by atoms with van der Waals surface area (Å²) in [6, 6.07) is 1.71. The maximum Gasteiger partial charge on any atom is 0.323 e. The maximum atomic E-state index is 11.3. The van der Waals surface area contributed by atoms with Gasteiger partial charge in [-0.15, -0.1) is 0 Å². The van der Waals surface area contributed by atoms with Crippen molar-refractivity contribution in [3.63, 3.8) is 0 Å². The molecule has 0 aromatic carbocycles. The molecular weight excluding hydrogens is 248 g/mol. The topological polar surface area (TPSA) is 80.7 Å². The molecule has 19 heavy (non-hydrogen) atoms. The smallest absolute Gasteiger partial charge is 0.323 e. The van der Waals surface area contributed by atoms with Crippen molar-refractivity contribution in [1.82, 2.24) is 10.3 Å². The van der Waals surface area contributed by atoms with Gasteiger partial charge in [-0.05, 0) is 19.3 Å². The molecule has 0 aliphatic heterocycles. The van der Waals surface area contributed by atoms with Gasteiger partial charge in [0.1, 0.15) is 5.54 Å². The molecule has 0 bridgehead atoms. The van der Waals surface area contributed by atoms with Crippen LogP contribution in [0.25, 0.3) is 0 Å². The maximum absolute atomic E-state index is 11.3. The SMILES string of the molecule is COc1ccnc(CNC2(C(=O)O)CCC2)c1OC. The van der Waals surface area contributed by atoms with E-state index < -0.39 is 11.5 Å². The van der Waals surface area contributed by atoms with Crippen molar-refractivity contribution in [2.75, 3.05) is 14.2 Å². The minimum atomic E-state index is -0.810. The molecule has 1 aromatic heterocycles. The van der Waals surface area contributed by atoms with Crippen LogP contribution in [0.5, 0.6) is 11.5 Å². The fraction of sp³-hybridized carbons (Fsp3) is 0.538. The summed E-state index contributed by atoms with van der Waals surface area (Å²) in [5.74, 6) is 0.324. The molecule has 1 fully saturated rings. The standard InChI is InChI=1S/C13H18N2O4/c1-18-10-4-7-14-9(11(10)19-2)8-15-13(12(16)17)5-3-6-13/h4,7,15H,3,5-6,8H2,1-2H3,(H,16,17). The second-order valence-electron chi connectivity index (χ2n) is 4.59. The number of hydrogen-bond acceptors (Lipinski definition) is 5. The number of hydrogen-bond donors (Lipinski definition) is 2. The number of nitrogens with one attached hydrogen (secondary N) is 1. The summed E-state index contributed by atoms with van der Waals surface area (Å²) in [5, 5.41) is 12.3. The zero-order chi connectivity index (χ0) is 13.9. The minimum Gasteiger partial charge on any atom is -0.493 e. The number of carboxylic acid groups (broad SMARTS) is 1. The van der Waals surface area contributed by atoms with Crippen molar-refractivity contribution in [2.24, 2.45) is 0 Å². The largest absolute Gasteiger partial charge is 0.493 e. The van der Waals surface area contributed by atoms with Crippen LogP contribution >= 0.6 is 0 Å². The molecule has 1 saturated carbocycles. The van der Waals surface area contributed by atoms with Crippen LogP contribution in [0.15, 0.2) is 12.3 Å². The number of nitrogens with zero attached hydrogens (tertiary/aromatic N) is 1. The van der Waals surface area contributed by atoms with Crippen LogP contribution in [-0.4, -0.2) is 35.8 Å². The highest BCUT2D eigenvalue weighted by Crippen LogP contribution is 2.34. The number of rotatable bonds is 6. The number of aromatic nitrogens is 1. The molecule has 0 atom stereocenters. The molecule has 2 N–H and O–H groups in total. The normalized spacial score (nSPS) is 16.5. The Morgan fingerprint density at radius 3 is 2.68 bits per heavy atom. The summed E-state index contributed by atoms with van der Waals surface area (Å²) >= 11 is 0. The Hall–Kier alpha value is -1.82. The molecule has 0 radical (unpaired) electrons. The Balaban J connectivity index is 2.13. The van der Waals surface area contributed by atoms with Gasteiger partial charge in [0.25, 0.3) is 0 Å². The first-order valence-corrected chi connectivity index (χ1v) is 6.17. The van der Waals surface area contributed by atoms with Crippen molar-refractivity contribution >= 4 is 5.97 Å². The van der Waals surface area contributed by atoms with Gasteiger partial charge in [-0.3, -0.25) is 15.1 Å². The van der Waals surface area contributed by atoms with Gasteiger partial charge in [0.05, 0.1) is 19.9 Å². The number of carbonyl (C=O) groups is 1. The van der Waals surface area contributed by atoms with Gasteiger partial charge < -0.3 is 14.6 Å². The predicted molar refractivity (Wildman–Crippen MR) is 68.4 cm³/mol. The van der Waals surface area contributed by atoms with Crippen LogP contribution in [0, 0.1) is 0 Å². The lowest BCUT2D eigenvalue weighted by atomic mass is 9.77.